The van der Waals surface area contributed by atoms with E-state index in [1.165, 1.54) is 0 Å². The van der Waals surface area contributed by atoms with Crippen molar-refractivity contribution in [3.63, 3.8) is 0 Å². The van der Waals surface area contributed by atoms with Gasteiger partial charge in [-0.3, -0.25) is 4.79 Å². The van der Waals surface area contributed by atoms with Crippen molar-refractivity contribution in [3.8, 4) is 5.75 Å². The first-order valence-corrected chi connectivity index (χ1v) is 5.45. The molecule has 3 heteroatoms. The second-order valence-corrected chi connectivity index (χ2v) is 3.72. The highest BCUT2D eigenvalue weighted by atomic mass is 35.5. The van der Waals surface area contributed by atoms with Gasteiger partial charge < -0.3 is 4.74 Å². The molecule has 0 saturated heterocycles. The summed E-state index contributed by atoms with van der Waals surface area (Å²) in [5.41, 5.74) is 0.662. The van der Waals surface area contributed by atoms with Crippen molar-refractivity contribution in [3.05, 3.63) is 42.0 Å². The van der Waals surface area contributed by atoms with Crippen LogP contribution in [0.15, 0.2) is 36.4 Å². The molecule has 0 aliphatic carbocycles. The van der Waals surface area contributed by atoms with Gasteiger partial charge in [-0.05, 0) is 29.0 Å². The molecule has 0 radical (unpaired) electrons. The van der Waals surface area contributed by atoms with E-state index in [9.17, 15) is 4.79 Å². The summed E-state index contributed by atoms with van der Waals surface area (Å²) in [6.45, 7) is 0. The lowest BCUT2D eigenvalue weighted by atomic mass is 10.0. The summed E-state index contributed by atoms with van der Waals surface area (Å²) >= 11 is 5.57. The summed E-state index contributed by atoms with van der Waals surface area (Å²) in [6.07, 6.45) is 0. The molecule has 0 saturated carbocycles. The van der Waals surface area contributed by atoms with Crippen LogP contribution in [0.2, 0.25) is 0 Å². The molecular weight excluding hydrogens is 224 g/mol. The first-order valence-electron chi connectivity index (χ1n) is 4.92. The zero-order valence-corrected chi connectivity index (χ0v) is 9.62. The molecule has 0 aliphatic heterocycles. The van der Waals surface area contributed by atoms with Gasteiger partial charge in [0.15, 0.2) is 5.78 Å². The summed E-state index contributed by atoms with van der Waals surface area (Å²) in [5.74, 6) is 0.728. The Morgan fingerprint density at radius 2 is 2.12 bits per heavy atom. The molecule has 0 fully saturated rings. The molecule has 82 valence electrons. The van der Waals surface area contributed by atoms with Crippen LogP contribution in [0, 0.1) is 0 Å². The van der Waals surface area contributed by atoms with Crippen LogP contribution in [0.3, 0.4) is 0 Å². The quantitative estimate of drug-likeness (QED) is 0.602. The van der Waals surface area contributed by atoms with E-state index in [2.05, 4.69) is 0 Å². The number of methoxy groups -OCH3 is 1. The molecule has 0 aromatic heterocycles. The summed E-state index contributed by atoms with van der Waals surface area (Å²) in [5, 5.41) is 1.89. The van der Waals surface area contributed by atoms with E-state index in [1.54, 1.807) is 13.2 Å². The molecule has 16 heavy (non-hydrogen) atoms. The first kappa shape index (κ1) is 11.0. The topological polar surface area (TPSA) is 26.3 Å². The SMILES string of the molecule is COc1ccc2c(C(=O)CCl)cccc2c1. The minimum absolute atomic E-state index is 0.00510. The van der Waals surface area contributed by atoms with Crippen LogP contribution in [-0.4, -0.2) is 18.8 Å². The molecule has 0 heterocycles. The average molecular weight is 235 g/mol. The number of carbonyl (C=O) groups is 1. The van der Waals surface area contributed by atoms with Gasteiger partial charge in [0.05, 0.1) is 13.0 Å². The van der Waals surface area contributed by atoms with Gasteiger partial charge in [0, 0.05) is 5.56 Å². The number of alkyl halides is 1. The normalized spacial score (nSPS) is 10.4. The lowest BCUT2D eigenvalue weighted by molar-refractivity contribution is 0.102. The summed E-state index contributed by atoms with van der Waals surface area (Å²) in [4.78, 5) is 11.6. The Morgan fingerprint density at radius 3 is 2.81 bits per heavy atom. The lowest BCUT2D eigenvalue weighted by Crippen LogP contribution is -2.00. The van der Waals surface area contributed by atoms with E-state index >= 15 is 0 Å². The minimum atomic E-state index is -0.0579. The Bertz CT molecular complexity index is 534. The highest BCUT2D eigenvalue weighted by Gasteiger charge is 2.08. The number of halogens is 1. The maximum atomic E-state index is 11.6. The van der Waals surface area contributed by atoms with Gasteiger partial charge in [-0.25, -0.2) is 0 Å². The van der Waals surface area contributed by atoms with Crippen molar-refractivity contribution < 1.29 is 9.53 Å². The second-order valence-electron chi connectivity index (χ2n) is 3.45. The fourth-order valence-electron chi connectivity index (χ4n) is 1.70. The number of hydrogen-bond acceptors (Lipinski definition) is 2. The second kappa shape index (κ2) is 4.54. The van der Waals surface area contributed by atoms with Crippen LogP contribution in [-0.2, 0) is 0 Å². The van der Waals surface area contributed by atoms with Gasteiger partial charge in [-0.2, -0.15) is 0 Å². The Balaban J connectivity index is 2.65. The van der Waals surface area contributed by atoms with Gasteiger partial charge in [0.25, 0.3) is 0 Å². The highest BCUT2D eigenvalue weighted by Crippen LogP contribution is 2.24. The molecule has 2 rings (SSSR count). The Morgan fingerprint density at radius 1 is 1.31 bits per heavy atom. The molecule has 0 atom stereocenters. The largest absolute Gasteiger partial charge is 0.497 e. The standard InChI is InChI=1S/C13H11ClO2/c1-16-10-5-6-11-9(7-10)3-2-4-12(11)13(15)8-14/h2-7H,8H2,1H3. The van der Waals surface area contributed by atoms with Gasteiger partial charge >= 0.3 is 0 Å². The smallest absolute Gasteiger partial charge is 0.178 e. The fourth-order valence-corrected chi connectivity index (χ4v) is 1.85. The molecule has 0 N–H and O–H groups in total. The van der Waals surface area contributed by atoms with E-state index in [4.69, 9.17) is 16.3 Å². The van der Waals surface area contributed by atoms with Gasteiger partial charge in [-0.15, -0.1) is 11.6 Å². The number of rotatable bonds is 3. The van der Waals surface area contributed by atoms with Crippen molar-refractivity contribution in [2.75, 3.05) is 13.0 Å². The third kappa shape index (κ3) is 1.89. The van der Waals surface area contributed by atoms with E-state index in [-0.39, 0.29) is 11.7 Å². The Hall–Kier alpha value is -1.54. The maximum Gasteiger partial charge on any atom is 0.178 e. The average Bonchev–Trinajstić information content (AvgIpc) is 2.36. The molecule has 0 amide bonds. The van der Waals surface area contributed by atoms with Crippen LogP contribution in [0.25, 0.3) is 10.8 Å². The minimum Gasteiger partial charge on any atom is -0.497 e. The summed E-state index contributed by atoms with van der Waals surface area (Å²) < 4.78 is 5.14. The Labute approximate surface area is 98.8 Å². The van der Waals surface area contributed by atoms with E-state index < -0.39 is 0 Å². The maximum absolute atomic E-state index is 11.6. The fraction of sp³-hybridized carbons (Fsp3) is 0.154. The number of ether oxygens (including phenoxy) is 1. The predicted molar refractivity (Wildman–Crippen MR) is 65.6 cm³/mol. The lowest BCUT2D eigenvalue weighted by Gasteiger charge is -2.06. The van der Waals surface area contributed by atoms with Crippen LogP contribution in [0.4, 0.5) is 0 Å². The number of hydrogen-bond donors (Lipinski definition) is 0. The number of carbonyl (C=O) groups excluding carboxylic acids is 1. The van der Waals surface area contributed by atoms with Crippen LogP contribution in [0.1, 0.15) is 10.4 Å². The van der Waals surface area contributed by atoms with Gasteiger partial charge in [0.2, 0.25) is 0 Å². The van der Waals surface area contributed by atoms with E-state index in [0.29, 0.717) is 5.56 Å². The number of fused-ring (bicyclic) bond motifs is 1. The molecule has 2 aromatic rings. The molecular formula is C13H11ClO2. The number of Topliss-reactive ketones (excluding diaryl/α,β-unsaturated/α-hetero) is 1. The molecule has 0 aliphatic rings. The van der Waals surface area contributed by atoms with Crippen molar-refractivity contribution in [1.82, 2.24) is 0 Å². The third-order valence-corrected chi connectivity index (χ3v) is 2.75. The monoisotopic (exact) mass is 234 g/mol. The zero-order valence-electron chi connectivity index (χ0n) is 8.87. The van der Waals surface area contributed by atoms with Crippen molar-refractivity contribution in [1.29, 1.82) is 0 Å². The molecule has 2 nitrogen and oxygen atoms in total. The van der Waals surface area contributed by atoms with Gasteiger partial charge in [0.1, 0.15) is 5.75 Å². The van der Waals surface area contributed by atoms with Crippen molar-refractivity contribution >= 4 is 28.2 Å². The van der Waals surface area contributed by atoms with Crippen LogP contribution in [0.5, 0.6) is 5.75 Å². The molecule has 0 spiro atoms. The van der Waals surface area contributed by atoms with E-state index in [0.717, 1.165) is 16.5 Å². The molecule has 0 bridgehead atoms. The highest BCUT2D eigenvalue weighted by molar-refractivity contribution is 6.31. The predicted octanol–water partition coefficient (Wildman–Crippen LogP) is 3.27. The third-order valence-electron chi connectivity index (χ3n) is 2.51. The number of ketones is 1. The molecule has 0 unspecified atom stereocenters. The zero-order chi connectivity index (χ0) is 11.5. The van der Waals surface area contributed by atoms with Crippen LogP contribution < -0.4 is 4.74 Å². The summed E-state index contributed by atoms with van der Waals surface area (Å²) in [7, 11) is 1.62. The first-order chi connectivity index (χ1) is 7.76. The van der Waals surface area contributed by atoms with Crippen molar-refractivity contribution in [2.24, 2.45) is 0 Å². The van der Waals surface area contributed by atoms with Gasteiger partial charge in [-0.1, -0.05) is 18.2 Å². The molecule has 2 aromatic carbocycles. The summed E-state index contributed by atoms with van der Waals surface area (Å²) in [6, 6.07) is 11.2. The van der Waals surface area contributed by atoms with Crippen LogP contribution >= 0.6 is 11.6 Å². The Kier molecular flexibility index (Phi) is 3.11. The van der Waals surface area contributed by atoms with Crippen molar-refractivity contribution in [2.45, 2.75) is 0 Å². The van der Waals surface area contributed by atoms with E-state index in [1.807, 2.05) is 30.3 Å². The number of benzene rings is 2.